The van der Waals surface area contributed by atoms with Crippen LogP contribution in [0.1, 0.15) is 18.4 Å². The van der Waals surface area contributed by atoms with E-state index >= 15 is 0 Å². The van der Waals surface area contributed by atoms with E-state index in [9.17, 15) is 4.79 Å². The molecule has 4 rings (SSSR count). The number of nitrogens with zero attached hydrogens (tertiary/aromatic N) is 1. The fourth-order valence-corrected chi connectivity index (χ4v) is 4.43. The topological polar surface area (TPSA) is 51.3 Å². The van der Waals surface area contributed by atoms with E-state index in [2.05, 4.69) is 24.1 Å². The van der Waals surface area contributed by atoms with Crippen molar-refractivity contribution < 1.29 is 19.0 Å². The fraction of sp³-hybridized carbons (Fsp3) is 0.588. The summed E-state index contributed by atoms with van der Waals surface area (Å²) in [5, 5.41) is 0. The lowest BCUT2D eigenvalue weighted by molar-refractivity contribution is -0.122. The minimum Gasteiger partial charge on any atom is -0.493 e. The van der Waals surface area contributed by atoms with Crippen LogP contribution < -0.4 is 9.47 Å². The summed E-state index contributed by atoms with van der Waals surface area (Å²) in [4.78, 5) is 14.4. The molecule has 2 unspecified atom stereocenters. The first kappa shape index (κ1) is 14.0. The average molecular weight is 303 g/mol. The molecule has 3 fully saturated rings. The highest BCUT2D eigenvalue weighted by Crippen LogP contribution is 2.56. The van der Waals surface area contributed by atoms with Gasteiger partial charge >= 0.3 is 0 Å². The minimum absolute atomic E-state index is 0.0156. The van der Waals surface area contributed by atoms with Crippen molar-refractivity contribution in [3.05, 3.63) is 23.8 Å². The lowest BCUT2D eigenvalue weighted by Crippen LogP contribution is -2.51. The Kier molecular flexibility index (Phi) is 3.00. The van der Waals surface area contributed by atoms with Gasteiger partial charge in [-0.15, -0.1) is 0 Å². The number of methoxy groups -OCH3 is 2. The monoisotopic (exact) mass is 303 g/mol. The fourth-order valence-electron chi connectivity index (χ4n) is 4.43. The Bertz CT molecular complexity index is 631. The first-order chi connectivity index (χ1) is 10.6. The second-order valence-corrected chi connectivity index (χ2v) is 6.50. The van der Waals surface area contributed by atoms with E-state index in [4.69, 9.17) is 14.2 Å². The number of ether oxygens (including phenoxy) is 3. The van der Waals surface area contributed by atoms with Crippen molar-refractivity contribution in [3.63, 3.8) is 0 Å². The van der Waals surface area contributed by atoms with Crippen LogP contribution in [0.25, 0.3) is 0 Å². The molecular formula is C17H21NO4. The molecule has 22 heavy (non-hydrogen) atoms. The smallest absolute Gasteiger partial charge is 0.165 e. The molecule has 1 aromatic carbocycles. The van der Waals surface area contributed by atoms with Gasteiger partial charge in [0.2, 0.25) is 0 Å². The summed E-state index contributed by atoms with van der Waals surface area (Å²) >= 11 is 0. The van der Waals surface area contributed by atoms with Crippen LogP contribution in [-0.2, 0) is 14.9 Å². The highest BCUT2D eigenvalue weighted by Gasteiger charge is 2.68. The maximum atomic E-state index is 12.1. The molecule has 0 aromatic heterocycles. The Labute approximate surface area is 130 Å². The molecule has 1 aliphatic carbocycles. The van der Waals surface area contributed by atoms with Crippen LogP contribution in [0.15, 0.2) is 18.2 Å². The van der Waals surface area contributed by atoms with Crippen molar-refractivity contribution in [1.82, 2.24) is 4.90 Å². The molecule has 0 N–H and O–H groups in total. The van der Waals surface area contributed by atoms with Crippen LogP contribution in [0.5, 0.6) is 11.5 Å². The van der Waals surface area contributed by atoms with E-state index in [1.54, 1.807) is 14.2 Å². The molecule has 5 nitrogen and oxygen atoms in total. The molecule has 118 valence electrons. The van der Waals surface area contributed by atoms with Gasteiger partial charge in [0, 0.05) is 17.9 Å². The Balaban J connectivity index is 1.81. The number of likely N-dealkylation sites (N-methyl/N-ethyl adjacent to an activating group) is 1. The van der Waals surface area contributed by atoms with Crippen molar-refractivity contribution in [2.45, 2.75) is 36.5 Å². The van der Waals surface area contributed by atoms with E-state index in [1.807, 2.05) is 6.07 Å². The maximum absolute atomic E-state index is 12.1. The van der Waals surface area contributed by atoms with Gasteiger partial charge in [0.05, 0.1) is 14.2 Å². The molecule has 2 aliphatic heterocycles. The first-order valence-corrected chi connectivity index (χ1v) is 7.72. The number of rotatable bonds is 3. The summed E-state index contributed by atoms with van der Waals surface area (Å²) in [6.45, 7) is 0.985. The van der Waals surface area contributed by atoms with Gasteiger partial charge in [0.15, 0.2) is 17.3 Å². The summed E-state index contributed by atoms with van der Waals surface area (Å²) in [7, 11) is 5.39. The van der Waals surface area contributed by atoms with E-state index < -0.39 is 0 Å². The lowest BCUT2D eigenvalue weighted by Gasteiger charge is -2.39. The predicted molar refractivity (Wildman–Crippen MR) is 80.5 cm³/mol. The number of likely N-dealkylation sites (tertiary alicyclic amines) is 1. The van der Waals surface area contributed by atoms with Crippen molar-refractivity contribution in [2.75, 3.05) is 27.8 Å². The summed E-state index contributed by atoms with van der Waals surface area (Å²) < 4.78 is 16.6. The molecule has 2 saturated heterocycles. The van der Waals surface area contributed by atoms with Gasteiger partial charge in [-0.05, 0) is 37.7 Å². The highest BCUT2D eigenvalue weighted by atomic mass is 16.6. The van der Waals surface area contributed by atoms with Crippen LogP contribution in [0.4, 0.5) is 0 Å². The zero-order chi connectivity index (χ0) is 15.5. The molecule has 2 heterocycles. The molecule has 0 amide bonds. The van der Waals surface area contributed by atoms with Crippen molar-refractivity contribution in [1.29, 1.82) is 0 Å². The third-order valence-electron chi connectivity index (χ3n) is 5.64. The SMILES string of the molecule is COc1ccc([C@]23CCN(C)[C@H]2CC(=O)C2OC23)cc1OC. The standard InChI is InChI=1S/C17H21NO4/c1-18-7-6-17(14(18)9-11(19)15-16(17)22-15)10-4-5-12(20-2)13(8-10)21-3/h4-5,8,14-16H,6-7,9H2,1-3H3/t14-,15?,16?,17+/m0/s1. The quantitative estimate of drug-likeness (QED) is 0.790. The minimum atomic E-state index is -0.198. The molecule has 1 aromatic rings. The molecule has 3 aliphatic rings. The van der Waals surface area contributed by atoms with Gasteiger partial charge in [0.25, 0.3) is 0 Å². The molecule has 0 radical (unpaired) electrons. The summed E-state index contributed by atoms with van der Waals surface area (Å²) in [5.41, 5.74) is 1.09. The van der Waals surface area contributed by atoms with E-state index in [-0.39, 0.29) is 29.4 Å². The average Bonchev–Trinajstić information content (AvgIpc) is 3.29. The number of benzene rings is 1. The van der Waals surface area contributed by atoms with Crippen molar-refractivity contribution in [2.24, 2.45) is 0 Å². The van der Waals surface area contributed by atoms with Crippen molar-refractivity contribution in [3.8, 4) is 11.5 Å². The van der Waals surface area contributed by atoms with E-state index in [1.165, 1.54) is 5.56 Å². The molecular weight excluding hydrogens is 282 g/mol. The zero-order valence-electron chi connectivity index (χ0n) is 13.2. The van der Waals surface area contributed by atoms with Crippen LogP contribution >= 0.6 is 0 Å². The molecule has 5 heteroatoms. The zero-order valence-corrected chi connectivity index (χ0v) is 13.2. The van der Waals surface area contributed by atoms with Gasteiger partial charge in [-0.2, -0.15) is 0 Å². The molecule has 1 saturated carbocycles. The predicted octanol–water partition coefficient (Wildman–Crippen LogP) is 1.39. The van der Waals surface area contributed by atoms with Gasteiger partial charge in [-0.3, -0.25) is 4.79 Å². The lowest BCUT2D eigenvalue weighted by atomic mass is 9.65. The maximum Gasteiger partial charge on any atom is 0.165 e. The van der Waals surface area contributed by atoms with Gasteiger partial charge < -0.3 is 19.1 Å². The van der Waals surface area contributed by atoms with Crippen LogP contribution in [-0.4, -0.2) is 56.7 Å². The van der Waals surface area contributed by atoms with Gasteiger partial charge in [-0.1, -0.05) is 6.07 Å². The Morgan fingerprint density at radius 1 is 1.27 bits per heavy atom. The number of hydrogen-bond donors (Lipinski definition) is 0. The van der Waals surface area contributed by atoms with E-state index in [0.29, 0.717) is 6.42 Å². The number of fused-ring (bicyclic) bond motifs is 3. The van der Waals surface area contributed by atoms with E-state index in [0.717, 1.165) is 24.5 Å². The first-order valence-electron chi connectivity index (χ1n) is 7.72. The van der Waals surface area contributed by atoms with Crippen molar-refractivity contribution >= 4 is 5.78 Å². The third-order valence-corrected chi connectivity index (χ3v) is 5.64. The Morgan fingerprint density at radius 2 is 2.05 bits per heavy atom. The number of carbonyl (C=O) groups is 1. The summed E-state index contributed by atoms with van der Waals surface area (Å²) in [5.74, 6) is 1.71. The number of ketones is 1. The van der Waals surface area contributed by atoms with Crippen LogP contribution in [0.2, 0.25) is 0 Å². The Hall–Kier alpha value is -1.59. The van der Waals surface area contributed by atoms with Crippen LogP contribution in [0.3, 0.4) is 0 Å². The number of epoxide rings is 1. The molecule has 4 atom stereocenters. The third kappa shape index (κ3) is 1.69. The number of Topliss-reactive ketones (excluding diaryl/α,β-unsaturated/α-hetero) is 1. The molecule has 0 bridgehead atoms. The van der Waals surface area contributed by atoms with Gasteiger partial charge in [0.1, 0.15) is 12.2 Å². The highest BCUT2D eigenvalue weighted by molar-refractivity contribution is 5.89. The summed E-state index contributed by atoms with van der Waals surface area (Å²) in [6.07, 6.45) is 1.40. The second kappa shape index (κ2) is 4.70. The normalized spacial score (nSPS) is 36.7. The number of carbonyl (C=O) groups excluding carboxylic acids is 1. The molecule has 0 spiro atoms. The summed E-state index contributed by atoms with van der Waals surface area (Å²) in [6, 6.07) is 6.31. The van der Waals surface area contributed by atoms with Gasteiger partial charge in [-0.25, -0.2) is 0 Å². The number of hydrogen-bond acceptors (Lipinski definition) is 5. The Morgan fingerprint density at radius 3 is 2.77 bits per heavy atom. The second-order valence-electron chi connectivity index (χ2n) is 6.50. The largest absolute Gasteiger partial charge is 0.493 e. The van der Waals surface area contributed by atoms with Crippen LogP contribution in [0, 0.1) is 0 Å².